The van der Waals surface area contributed by atoms with Crippen molar-refractivity contribution in [1.29, 1.82) is 0 Å². The lowest BCUT2D eigenvalue weighted by Gasteiger charge is -2.05. The van der Waals surface area contributed by atoms with Crippen molar-refractivity contribution in [2.75, 3.05) is 7.11 Å². The molecule has 0 amide bonds. The molecule has 1 aromatic carbocycles. The first-order chi connectivity index (χ1) is 11.3. The molecule has 0 bridgehead atoms. The summed E-state index contributed by atoms with van der Waals surface area (Å²) in [5.41, 5.74) is 4.44. The lowest BCUT2D eigenvalue weighted by Crippen LogP contribution is -1.89. The van der Waals surface area contributed by atoms with Crippen LogP contribution in [0.4, 0.5) is 0 Å². The van der Waals surface area contributed by atoms with Crippen molar-refractivity contribution < 1.29 is 4.74 Å². The van der Waals surface area contributed by atoms with Crippen LogP contribution >= 0.6 is 0 Å². The molecule has 5 heteroatoms. The minimum absolute atomic E-state index is 0.779. The average Bonchev–Trinajstić information content (AvgIpc) is 3.06. The van der Waals surface area contributed by atoms with E-state index in [0.29, 0.717) is 0 Å². The molecule has 112 valence electrons. The van der Waals surface area contributed by atoms with Crippen molar-refractivity contribution in [3.05, 3.63) is 66.9 Å². The fraction of sp³-hybridized carbons (Fsp3) is 0.0556. The summed E-state index contributed by atoms with van der Waals surface area (Å²) in [4.78, 5) is 4.73. The standard InChI is InChI=1S/C18H14N4O/c1-23-14-10-8-13(9-11-14)15-5-4-6-16(19-15)18-17-7-2-3-12-22(17)21-20-18/h2-12H,1H3. The third kappa shape index (κ3) is 2.42. The summed E-state index contributed by atoms with van der Waals surface area (Å²) in [6.45, 7) is 0. The minimum Gasteiger partial charge on any atom is -0.497 e. The van der Waals surface area contributed by atoms with Gasteiger partial charge in [-0.05, 0) is 48.5 Å². The topological polar surface area (TPSA) is 52.3 Å². The van der Waals surface area contributed by atoms with Gasteiger partial charge in [-0.2, -0.15) is 0 Å². The molecule has 0 saturated heterocycles. The summed E-state index contributed by atoms with van der Waals surface area (Å²) in [5, 5.41) is 8.39. The first kappa shape index (κ1) is 13.5. The van der Waals surface area contributed by atoms with Gasteiger partial charge in [-0.25, -0.2) is 9.50 Å². The zero-order chi connectivity index (χ0) is 15.6. The first-order valence-corrected chi connectivity index (χ1v) is 7.27. The van der Waals surface area contributed by atoms with Crippen LogP contribution in [0.2, 0.25) is 0 Å². The van der Waals surface area contributed by atoms with Gasteiger partial charge in [0.2, 0.25) is 0 Å². The zero-order valence-electron chi connectivity index (χ0n) is 12.5. The number of fused-ring (bicyclic) bond motifs is 1. The summed E-state index contributed by atoms with van der Waals surface area (Å²) in [5.74, 6) is 0.828. The largest absolute Gasteiger partial charge is 0.497 e. The Kier molecular flexibility index (Phi) is 3.24. The highest BCUT2D eigenvalue weighted by molar-refractivity contribution is 5.75. The molecule has 0 spiro atoms. The highest BCUT2D eigenvalue weighted by Crippen LogP contribution is 2.25. The minimum atomic E-state index is 0.779. The van der Waals surface area contributed by atoms with Crippen molar-refractivity contribution >= 4 is 5.52 Å². The number of aromatic nitrogens is 4. The van der Waals surface area contributed by atoms with Gasteiger partial charge in [-0.15, -0.1) is 5.10 Å². The molecule has 3 aromatic heterocycles. The maximum atomic E-state index is 5.19. The smallest absolute Gasteiger partial charge is 0.139 e. The maximum Gasteiger partial charge on any atom is 0.139 e. The van der Waals surface area contributed by atoms with E-state index in [0.717, 1.165) is 33.9 Å². The van der Waals surface area contributed by atoms with Gasteiger partial charge in [0.25, 0.3) is 0 Å². The Balaban J connectivity index is 1.79. The summed E-state index contributed by atoms with van der Waals surface area (Å²) < 4.78 is 6.94. The molecule has 5 nitrogen and oxygen atoms in total. The van der Waals surface area contributed by atoms with Gasteiger partial charge in [0.1, 0.15) is 11.4 Å². The van der Waals surface area contributed by atoms with Gasteiger partial charge in [-0.3, -0.25) is 0 Å². The van der Waals surface area contributed by atoms with E-state index >= 15 is 0 Å². The first-order valence-electron chi connectivity index (χ1n) is 7.27. The molecule has 0 radical (unpaired) electrons. The van der Waals surface area contributed by atoms with Crippen molar-refractivity contribution in [3.63, 3.8) is 0 Å². The van der Waals surface area contributed by atoms with Crippen LogP contribution in [-0.4, -0.2) is 26.9 Å². The molecule has 4 rings (SSSR count). The fourth-order valence-electron chi connectivity index (χ4n) is 2.52. The van der Waals surface area contributed by atoms with Crippen LogP contribution in [0.15, 0.2) is 66.9 Å². The van der Waals surface area contributed by atoms with Crippen LogP contribution in [0.3, 0.4) is 0 Å². The van der Waals surface area contributed by atoms with Gasteiger partial charge in [0.05, 0.1) is 24.0 Å². The fourth-order valence-corrected chi connectivity index (χ4v) is 2.52. The average molecular weight is 302 g/mol. The highest BCUT2D eigenvalue weighted by atomic mass is 16.5. The third-order valence-electron chi connectivity index (χ3n) is 3.70. The summed E-state index contributed by atoms with van der Waals surface area (Å²) in [6, 6.07) is 19.6. The molecule has 0 saturated carbocycles. The molecule has 0 fully saturated rings. The quantitative estimate of drug-likeness (QED) is 0.581. The van der Waals surface area contributed by atoms with E-state index < -0.39 is 0 Å². The van der Waals surface area contributed by atoms with E-state index in [1.165, 1.54) is 0 Å². The van der Waals surface area contributed by atoms with Crippen LogP contribution in [0.1, 0.15) is 0 Å². The zero-order valence-corrected chi connectivity index (χ0v) is 12.5. The van der Waals surface area contributed by atoms with Gasteiger partial charge >= 0.3 is 0 Å². The SMILES string of the molecule is COc1ccc(-c2cccc(-c3nnn4ccccc34)n2)cc1. The van der Waals surface area contributed by atoms with Crippen molar-refractivity contribution in [3.8, 4) is 28.4 Å². The number of benzene rings is 1. The van der Waals surface area contributed by atoms with Crippen molar-refractivity contribution in [1.82, 2.24) is 19.8 Å². The number of methoxy groups -OCH3 is 1. The van der Waals surface area contributed by atoms with E-state index in [-0.39, 0.29) is 0 Å². The Morgan fingerprint density at radius 3 is 2.52 bits per heavy atom. The van der Waals surface area contributed by atoms with Crippen LogP contribution in [0.5, 0.6) is 5.75 Å². The molecule has 0 unspecified atom stereocenters. The molecule has 0 N–H and O–H groups in total. The number of pyridine rings is 2. The molecule has 3 heterocycles. The Morgan fingerprint density at radius 1 is 0.870 bits per heavy atom. The summed E-state index contributed by atoms with van der Waals surface area (Å²) >= 11 is 0. The second-order valence-electron chi connectivity index (χ2n) is 5.11. The molecule has 0 aliphatic rings. The van der Waals surface area contributed by atoms with Crippen LogP contribution in [-0.2, 0) is 0 Å². The van der Waals surface area contributed by atoms with Crippen LogP contribution in [0.25, 0.3) is 28.2 Å². The number of ether oxygens (including phenoxy) is 1. The van der Waals surface area contributed by atoms with Crippen LogP contribution < -0.4 is 4.74 Å². The highest BCUT2D eigenvalue weighted by Gasteiger charge is 2.10. The van der Waals surface area contributed by atoms with E-state index in [4.69, 9.17) is 9.72 Å². The van der Waals surface area contributed by atoms with E-state index in [9.17, 15) is 0 Å². The molecule has 0 atom stereocenters. The monoisotopic (exact) mass is 302 g/mol. The Morgan fingerprint density at radius 2 is 1.70 bits per heavy atom. The predicted molar refractivity (Wildman–Crippen MR) is 88.2 cm³/mol. The summed E-state index contributed by atoms with van der Waals surface area (Å²) in [7, 11) is 1.66. The predicted octanol–water partition coefficient (Wildman–Crippen LogP) is 3.47. The normalized spacial score (nSPS) is 10.8. The molecular formula is C18H14N4O. The molecule has 0 aliphatic carbocycles. The lowest BCUT2D eigenvalue weighted by atomic mass is 10.1. The van der Waals surface area contributed by atoms with Gasteiger partial charge < -0.3 is 4.74 Å². The van der Waals surface area contributed by atoms with Crippen molar-refractivity contribution in [2.45, 2.75) is 0 Å². The molecular weight excluding hydrogens is 288 g/mol. The molecule has 23 heavy (non-hydrogen) atoms. The Labute approximate surface area is 133 Å². The maximum absolute atomic E-state index is 5.19. The van der Waals surface area contributed by atoms with E-state index in [2.05, 4.69) is 10.3 Å². The van der Waals surface area contributed by atoms with Gasteiger partial charge in [0, 0.05) is 11.8 Å². The second kappa shape index (κ2) is 5.53. The Hall–Kier alpha value is -3.21. The number of hydrogen-bond acceptors (Lipinski definition) is 4. The van der Waals surface area contributed by atoms with Gasteiger partial charge in [0.15, 0.2) is 0 Å². The molecule has 4 aromatic rings. The number of nitrogens with zero attached hydrogens (tertiary/aromatic N) is 4. The number of hydrogen-bond donors (Lipinski definition) is 0. The van der Waals surface area contributed by atoms with E-state index in [1.54, 1.807) is 11.6 Å². The Bertz CT molecular complexity index is 960. The lowest BCUT2D eigenvalue weighted by molar-refractivity contribution is 0.415. The van der Waals surface area contributed by atoms with Crippen molar-refractivity contribution in [2.24, 2.45) is 0 Å². The summed E-state index contributed by atoms with van der Waals surface area (Å²) in [6.07, 6.45) is 1.87. The van der Waals surface area contributed by atoms with Gasteiger partial charge in [-0.1, -0.05) is 17.3 Å². The number of rotatable bonds is 3. The van der Waals surface area contributed by atoms with Crippen LogP contribution in [0, 0.1) is 0 Å². The third-order valence-corrected chi connectivity index (χ3v) is 3.70. The van der Waals surface area contributed by atoms with E-state index in [1.807, 2.05) is 66.9 Å². The second-order valence-corrected chi connectivity index (χ2v) is 5.11. The molecule has 0 aliphatic heterocycles.